The number of anilines is 1. The second-order valence-corrected chi connectivity index (χ2v) is 6.72. The highest BCUT2D eigenvalue weighted by Gasteiger charge is 2.10. The number of nitrogens with one attached hydrogen (secondary N) is 2. The van der Waals surface area contributed by atoms with Crippen molar-refractivity contribution in [1.82, 2.24) is 35.2 Å². The maximum atomic E-state index is 4.47. The summed E-state index contributed by atoms with van der Waals surface area (Å²) in [4.78, 5) is 4.47. The third-order valence-electron chi connectivity index (χ3n) is 4.74. The van der Waals surface area contributed by atoms with Crippen LogP contribution in [0.5, 0.6) is 0 Å². The normalized spacial score (nSPS) is 11.1. The van der Waals surface area contributed by atoms with Crippen molar-refractivity contribution in [2.45, 2.75) is 13.5 Å². The van der Waals surface area contributed by atoms with Crippen LogP contribution in [0.3, 0.4) is 0 Å². The number of H-pyrrole nitrogens is 1. The minimum Gasteiger partial charge on any atom is -0.366 e. The van der Waals surface area contributed by atoms with E-state index in [0.29, 0.717) is 12.4 Å². The minimum absolute atomic E-state index is 0.586. The molecule has 0 saturated heterocycles. The number of tetrazole rings is 1. The van der Waals surface area contributed by atoms with Crippen LogP contribution in [0.1, 0.15) is 11.3 Å². The average Bonchev–Trinajstić information content (AvgIpc) is 3.44. The number of hydrogen-bond acceptors (Lipinski definition) is 6. The molecule has 0 bridgehead atoms. The Morgan fingerprint density at radius 2 is 1.83 bits per heavy atom. The lowest BCUT2D eigenvalue weighted by atomic mass is 9.98. The van der Waals surface area contributed by atoms with E-state index in [1.165, 1.54) is 5.56 Å². The van der Waals surface area contributed by atoms with Gasteiger partial charge in [0.1, 0.15) is 5.82 Å². The predicted octanol–water partition coefficient (Wildman–Crippen LogP) is 3.50. The maximum Gasteiger partial charge on any atom is 0.205 e. The van der Waals surface area contributed by atoms with Crippen LogP contribution in [0.2, 0.25) is 0 Å². The highest BCUT2D eigenvalue weighted by molar-refractivity contribution is 5.80. The highest BCUT2D eigenvalue weighted by Crippen LogP contribution is 2.29. The Balaban J connectivity index is 1.38. The molecule has 5 aromatic rings. The standard InChI is InChI=1S/C21H18N8/c1-14-12-20(29-19(24-14)10-11-23-29)22-13-15-6-8-16(9-7-15)17-4-2-3-5-18(17)21-25-27-28-26-21/h2-12,22H,13H2,1H3,(H,25,26,27,28). The van der Waals surface area contributed by atoms with Crippen molar-refractivity contribution in [2.24, 2.45) is 0 Å². The Morgan fingerprint density at radius 1 is 1.00 bits per heavy atom. The van der Waals surface area contributed by atoms with Gasteiger partial charge in [-0.1, -0.05) is 48.5 Å². The van der Waals surface area contributed by atoms with Crippen molar-refractivity contribution in [3.63, 3.8) is 0 Å². The summed E-state index contributed by atoms with van der Waals surface area (Å²) in [5.74, 6) is 1.51. The summed E-state index contributed by atoms with van der Waals surface area (Å²) < 4.78 is 1.81. The molecule has 0 aliphatic rings. The maximum absolute atomic E-state index is 4.47. The molecule has 2 aromatic carbocycles. The molecule has 2 N–H and O–H groups in total. The molecule has 5 rings (SSSR count). The van der Waals surface area contributed by atoms with Gasteiger partial charge in [0, 0.05) is 29.9 Å². The third-order valence-corrected chi connectivity index (χ3v) is 4.74. The van der Waals surface area contributed by atoms with Crippen LogP contribution < -0.4 is 5.32 Å². The van der Waals surface area contributed by atoms with Gasteiger partial charge in [0.2, 0.25) is 5.82 Å². The van der Waals surface area contributed by atoms with E-state index >= 15 is 0 Å². The molecule has 142 valence electrons. The van der Waals surface area contributed by atoms with Gasteiger partial charge in [-0.05, 0) is 28.8 Å². The number of rotatable bonds is 5. The van der Waals surface area contributed by atoms with Gasteiger partial charge in [0.15, 0.2) is 5.65 Å². The fourth-order valence-corrected chi connectivity index (χ4v) is 3.37. The van der Waals surface area contributed by atoms with Gasteiger partial charge in [0.25, 0.3) is 0 Å². The third kappa shape index (κ3) is 3.31. The first-order valence-electron chi connectivity index (χ1n) is 9.25. The van der Waals surface area contributed by atoms with E-state index in [4.69, 9.17) is 0 Å². The van der Waals surface area contributed by atoms with Gasteiger partial charge in [-0.15, -0.1) is 10.2 Å². The summed E-state index contributed by atoms with van der Waals surface area (Å²) in [6.07, 6.45) is 1.75. The molecule has 0 aliphatic heterocycles. The first-order chi connectivity index (χ1) is 14.3. The molecule has 0 atom stereocenters. The number of aromatic nitrogens is 7. The van der Waals surface area contributed by atoms with E-state index in [-0.39, 0.29) is 0 Å². The smallest absolute Gasteiger partial charge is 0.205 e. The van der Waals surface area contributed by atoms with E-state index < -0.39 is 0 Å². The van der Waals surface area contributed by atoms with Crippen molar-refractivity contribution in [2.75, 3.05) is 5.32 Å². The van der Waals surface area contributed by atoms with Crippen molar-refractivity contribution < 1.29 is 0 Å². The van der Waals surface area contributed by atoms with E-state index in [0.717, 1.165) is 33.8 Å². The number of fused-ring (bicyclic) bond motifs is 1. The Hall–Kier alpha value is -4.07. The summed E-state index contributed by atoms with van der Waals surface area (Å²) in [6, 6.07) is 20.4. The minimum atomic E-state index is 0.586. The molecule has 8 heteroatoms. The zero-order valence-electron chi connectivity index (χ0n) is 15.7. The van der Waals surface area contributed by atoms with E-state index in [2.05, 4.69) is 66.4 Å². The van der Waals surface area contributed by atoms with E-state index in [9.17, 15) is 0 Å². The molecular formula is C21H18N8. The average molecular weight is 382 g/mol. The van der Waals surface area contributed by atoms with Crippen LogP contribution in [-0.2, 0) is 6.54 Å². The van der Waals surface area contributed by atoms with Crippen molar-refractivity contribution in [1.29, 1.82) is 0 Å². The van der Waals surface area contributed by atoms with Crippen LogP contribution in [-0.4, -0.2) is 35.2 Å². The van der Waals surface area contributed by atoms with Crippen LogP contribution in [0.4, 0.5) is 5.82 Å². The number of aryl methyl sites for hydroxylation is 1. The number of nitrogens with zero attached hydrogens (tertiary/aromatic N) is 6. The van der Waals surface area contributed by atoms with Gasteiger partial charge >= 0.3 is 0 Å². The summed E-state index contributed by atoms with van der Waals surface area (Å²) in [5.41, 5.74) is 6.07. The Kier molecular flexibility index (Phi) is 4.21. The lowest BCUT2D eigenvalue weighted by Gasteiger charge is -2.11. The Morgan fingerprint density at radius 3 is 2.62 bits per heavy atom. The van der Waals surface area contributed by atoms with Crippen molar-refractivity contribution in [3.05, 3.63) is 78.1 Å². The van der Waals surface area contributed by atoms with Gasteiger partial charge < -0.3 is 5.32 Å². The molecule has 3 heterocycles. The molecule has 3 aromatic heterocycles. The van der Waals surface area contributed by atoms with Crippen LogP contribution in [0.25, 0.3) is 28.2 Å². The fraction of sp³-hybridized carbons (Fsp3) is 0.0952. The van der Waals surface area contributed by atoms with Gasteiger partial charge in [-0.3, -0.25) is 0 Å². The summed E-state index contributed by atoms with van der Waals surface area (Å²) in [7, 11) is 0. The molecule has 0 amide bonds. The quantitative estimate of drug-likeness (QED) is 0.483. The van der Waals surface area contributed by atoms with Gasteiger partial charge in [-0.2, -0.15) is 14.8 Å². The zero-order chi connectivity index (χ0) is 19.6. The van der Waals surface area contributed by atoms with Gasteiger partial charge in [-0.25, -0.2) is 4.98 Å². The second kappa shape index (κ2) is 7.16. The Bertz CT molecular complexity index is 1260. The zero-order valence-corrected chi connectivity index (χ0v) is 15.7. The van der Waals surface area contributed by atoms with Crippen LogP contribution in [0, 0.1) is 6.92 Å². The van der Waals surface area contributed by atoms with Crippen LogP contribution >= 0.6 is 0 Å². The largest absolute Gasteiger partial charge is 0.366 e. The topological polar surface area (TPSA) is 96.7 Å². The number of hydrogen-bond donors (Lipinski definition) is 2. The molecule has 29 heavy (non-hydrogen) atoms. The second-order valence-electron chi connectivity index (χ2n) is 6.72. The van der Waals surface area contributed by atoms with Crippen molar-refractivity contribution in [3.8, 4) is 22.5 Å². The Labute approximate surface area is 166 Å². The predicted molar refractivity (Wildman–Crippen MR) is 110 cm³/mol. The lowest BCUT2D eigenvalue weighted by Crippen LogP contribution is -2.06. The van der Waals surface area contributed by atoms with Gasteiger partial charge in [0.05, 0.1) is 6.20 Å². The number of benzene rings is 2. The lowest BCUT2D eigenvalue weighted by molar-refractivity contribution is 0.881. The van der Waals surface area contributed by atoms with Crippen LogP contribution in [0.15, 0.2) is 66.9 Å². The molecule has 0 saturated carbocycles. The highest BCUT2D eigenvalue weighted by atomic mass is 15.5. The number of aromatic amines is 1. The monoisotopic (exact) mass is 382 g/mol. The van der Waals surface area contributed by atoms with E-state index in [1.807, 2.05) is 41.8 Å². The molecule has 0 spiro atoms. The summed E-state index contributed by atoms with van der Waals surface area (Å²) in [6.45, 7) is 2.67. The molecule has 8 nitrogen and oxygen atoms in total. The summed E-state index contributed by atoms with van der Waals surface area (Å²) in [5, 5.41) is 22.2. The SMILES string of the molecule is Cc1cc(NCc2ccc(-c3ccccc3-c3nn[nH]n3)cc2)n2nccc2n1. The molecular weight excluding hydrogens is 364 g/mol. The first kappa shape index (κ1) is 17.1. The summed E-state index contributed by atoms with van der Waals surface area (Å²) >= 11 is 0. The molecule has 0 aliphatic carbocycles. The van der Waals surface area contributed by atoms with E-state index in [1.54, 1.807) is 6.20 Å². The first-order valence-corrected chi connectivity index (χ1v) is 9.25. The molecule has 0 unspecified atom stereocenters. The fourth-order valence-electron chi connectivity index (χ4n) is 3.37. The molecule has 0 radical (unpaired) electrons. The molecule has 0 fully saturated rings. The van der Waals surface area contributed by atoms with Crippen molar-refractivity contribution >= 4 is 11.5 Å².